The Labute approximate surface area is 60.0 Å². The van der Waals surface area contributed by atoms with Crippen LogP contribution < -0.4 is 0 Å². The third kappa shape index (κ3) is 42.8. The summed E-state index contributed by atoms with van der Waals surface area (Å²) in [6, 6.07) is 0. The fourth-order valence-corrected chi connectivity index (χ4v) is 0. The Morgan fingerprint density at radius 2 is 1.40 bits per heavy atom. The molecule has 0 rings (SSSR count). The number of carbonyl (C=O) groups excluding carboxylic acids is 1. The summed E-state index contributed by atoms with van der Waals surface area (Å²) in [4.78, 5) is 8.68. The molecule has 0 aromatic heterocycles. The van der Waals surface area contributed by atoms with Crippen molar-refractivity contribution in [1.82, 2.24) is 0 Å². The van der Waals surface area contributed by atoms with Gasteiger partial charge in [0.05, 0.1) is 0 Å². The minimum Gasteiger partial charge on any atom is -0.542 e. The van der Waals surface area contributed by atoms with Gasteiger partial charge >= 0.3 is 0 Å². The Balaban J connectivity index is -0.0000000200. The quantitative estimate of drug-likeness (QED) is 0.518. The normalized spacial score (nSPS) is 2.60. The van der Waals surface area contributed by atoms with Crippen LogP contribution in [-0.2, 0) is 46.9 Å². The summed E-state index contributed by atoms with van der Waals surface area (Å²) in [6.07, 6.45) is 1.50. The Morgan fingerprint density at radius 1 is 1.40 bits per heavy atom. The van der Waals surface area contributed by atoms with Crippen LogP contribution in [0.1, 0.15) is 6.92 Å². The van der Waals surface area contributed by atoms with Crippen LogP contribution >= 0.6 is 0 Å². The van der Waals surface area contributed by atoms with Crippen molar-refractivity contribution in [2.75, 3.05) is 0 Å². The van der Waals surface area contributed by atoms with Gasteiger partial charge in [-0.2, -0.15) is 6.92 Å². The molecule has 0 radical (unpaired) electrons. The first-order chi connectivity index (χ1) is 1.41. The van der Waals surface area contributed by atoms with Crippen molar-refractivity contribution in [3.05, 3.63) is 0 Å². The van der Waals surface area contributed by atoms with E-state index in [2.05, 4.69) is 0 Å². The molecule has 0 N–H and O–H groups in total. The maximum Gasteiger partial charge on any atom is 0 e. The van der Waals surface area contributed by atoms with Gasteiger partial charge in [0.25, 0.3) is 0 Å². The molecule has 0 fully saturated rings. The van der Waals surface area contributed by atoms with Gasteiger partial charge in [0.15, 0.2) is 0 Å². The molecule has 5 heavy (non-hydrogen) atoms. The Kier molecular flexibility index (Phi) is 65.5. The first kappa shape index (κ1) is 16.6. The molecular weight excluding hydrogens is 408 g/mol. The molecule has 0 aliphatic heterocycles. The van der Waals surface area contributed by atoms with Gasteiger partial charge < -0.3 is 4.79 Å². The van der Waals surface area contributed by atoms with Crippen LogP contribution in [0.4, 0.5) is 0 Å². The Morgan fingerprint density at radius 3 is 1.40 bits per heavy atom. The molecule has 0 bridgehead atoms. The second-order valence-electron chi connectivity index (χ2n) is 0.204. The van der Waals surface area contributed by atoms with Gasteiger partial charge in [-0.15, -0.1) is 0 Å². The van der Waals surface area contributed by atoms with Crippen molar-refractivity contribution in [2.45, 2.75) is 6.92 Å². The minimum atomic E-state index is 0. The van der Waals surface area contributed by atoms with Gasteiger partial charge in [0, 0.05) is 42.1 Å². The first-order valence-corrected chi connectivity index (χ1v) is 0.704. The predicted octanol–water partition coefficient (Wildman–Crippen LogP) is 0.111. The monoisotopic (exact) mass is 411 g/mol. The summed E-state index contributed by atoms with van der Waals surface area (Å²) in [5.74, 6) is 0. The second kappa shape index (κ2) is 19.7. The van der Waals surface area contributed by atoms with Crippen LogP contribution in [0, 0.1) is 0 Å². The van der Waals surface area contributed by atoms with E-state index in [-0.39, 0.29) is 42.1 Å². The molecule has 0 aromatic carbocycles. The second-order valence-corrected chi connectivity index (χ2v) is 0.204. The van der Waals surface area contributed by atoms with E-state index in [4.69, 9.17) is 4.79 Å². The molecule has 3 heteroatoms. The fourth-order valence-electron chi connectivity index (χ4n) is 0. The van der Waals surface area contributed by atoms with Crippen molar-refractivity contribution in [3.8, 4) is 0 Å². The molecule has 0 atom stereocenters. The Bertz CT molecular complexity index is 15.1. The molecule has 0 saturated heterocycles. The van der Waals surface area contributed by atoms with E-state index in [1.807, 2.05) is 0 Å². The summed E-state index contributed by atoms with van der Waals surface area (Å²) >= 11 is 0. The summed E-state index contributed by atoms with van der Waals surface area (Å²) in [5.41, 5.74) is 0. The van der Waals surface area contributed by atoms with Crippen LogP contribution in [0.5, 0.6) is 0 Å². The molecule has 30 valence electrons. The zero-order chi connectivity index (χ0) is 2.71. The molecule has 0 amide bonds. The van der Waals surface area contributed by atoms with E-state index in [0.29, 0.717) is 0 Å². The Hall–Kier alpha value is 1.05. The smallest absolute Gasteiger partial charge is 0 e. The SMILES string of the molecule is C[C-]=O.[W].[W]. The minimum absolute atomic E-state index is 0. The molecule has 0 heterocycles. The van der Waals surface area contributed by atoms with Crippen molar-refractivity contribution < 1.29 is 46.9 Å². The summed E-state index contributed by atoms with van der Waals surface area (Å²) in [5, 5.41) is 0. The molecule has 0 spiro atoms. The number of hydrogen-bond acceptors (Lipinski definition) is 1. The van der Waals surface area contributed by atoms with Crippen molar-refractivity contribution in [2.24, 2.45) is 0 Å². The maximum atomic E-state index is 8.68. The maximum absolute atomic E-state index is 8.68. The van der Waals surface area contributed by atoms with E-state index in [9.17, 15) is 0 Å². The third-order valence-electron chi connectivity index (χ3n) is 0. The predicted molar refractivity (Wildman–Crippen MR) is 11.4 cm³/mol. The van der Waals surface area contributed by atoms with Gasteiger partial charge in [-0.1, -0.05) is 0 Å². The van der Waals surface area contributed by atoms with Gasteiger partial charge in [-0.25, -0.2) is 0 Å². The topological polar surface area (TPSA) is 17.1 Å². The van der Waals surface area contributed by atoms with Crippen LogP contribution in [0.2, 0.25) is 0 Å². The first-order valence-electron chi connectivity index (χ1n) is 0.704. The zero-order valence-corrected chi connectivity index (χ0v) is 8.59. The van der Waals surface area contributed by atoms with Crippen LogP contribution in [0.25, 0.3) is 0 Å². The average molecular weight is 411 g/mol. The summed E-state index contributed by atoms with van der Waals surface area (Å²) in [6.45, 7) is 1.32. The average Bonchev–Trinajstić information content (AvgIpc) is 0.918. The number of hydrogen-bond donors (Lipinski definition) is 0. The van der Waals surface area contributed by atoms with Gasteiger partial charge in [-0.3, -0.25) is 6.29 Å². The molecular formula is C2H3OW2-. The van der Waals surface area contributed by atoms with Gasteiger partial charge in [-0.05, 0) is 0 Å². The largest absolute Gasteiger partial charge is 0.542 e. The van der Waals surface area contributed by atoms with Crippen molar-refractivity contribution >= 4 is 6.29 Å². The molecule has 0 unspecified atom stereocenters. The molecule has 0 aromatic rings. The van der Waals surface area contributed by atoms with Gasteiger partial charge in [0.2, 0.25) is 0 Å². The summed E-state index contributed by atoms with van der Waals surface area (Å²) < 4.78 is 0. The van der Waals surface area contributed by atoms with E-state index >= 15 is 0 Å². The van der Waals surface area contributed by atoms with Gasteiger partial charge in [0.1, 0.15) is 0 Å². The summed E-state index contributed by atoms with van der Waals surface area (Å²) in [7, 11) is 0. The molecule has 1 nitrogen and oxygen atoms in total. The fraction of sp³-hybridized carbons (Fsp3) is 0.500. The van der Waals surface area contributed by atoms with E-state index in [1.165, 1.54) is 13.2 Å². The van der Waals surface area contributed by atoms with Crippen LogP contribution in [0.3, 0.4) is 0 Å². The zero-order valence-electron chi connectivity index (χ0n) is 2.72. The number of rotatable bonds is 0. The van der Waals surface area contributed by atoms with Crippen molar-refractivity contribution in [3.63, 3.8) is 0 Å². The van der Waals surface area contributed by atoms with Crippen LogP contribution in [-0.4, -0.2) is 6.29 Å². The van der Waals surface area contributed by atoms with Crippen LogP contribution in [0.15, 0.2) is 0 Å². The molecule has 0 aliphatic carbocycles. The standard InChI is InChI=1S/C2H3O.2W/c1-2-3;;/h1H3;;/q-1;;. The third-order valence-corrected chi connectivity index (χ3v) is 0. The molecule has 0 aliphatic rings. The van der Waals surface area contributed by atoms with E-state index < -0.39 is 0 Å². The van der Waals surface area contributed by atoms with E-state index in [1.54, 1.807) is 0 Å². The molecule has 0 saturated carbocycles. The van der Waals surface area contributed by atoms with Crippen molar-refractivity contribution in [1.29, 1.82) is 0 Å². The van der Waals surface area contributed by atoms with E-state index in [0.717, 1.165) is 0 Å².